The molecule has 1 aromatic rings. The second kappa shape index (κ2) is 9.93. The van der Waals surface area contributed by atoms with E-state index in [-0.39, 0.29) is 25.0 Å². The van der Waals surface area contributed by atoms with Crippen LogP contribution < -0.4 is 0 Å². The van der Waals surface area contributed by atoms with E-state index < -0.39 is 18.2 Å². The van der Waals surface area contributed by atoms with E-state index in [0.717, 1.165) is 12.0 Å². The molecule has 1 aromatic carbocycles. The number of amides is 1. The Morgan fingerprint density at radius 3 is 2.38 bits per heavy atom. The van der Waals surface area contributed by atoms with Gasteiger partial charge in [-0.3, -0.25) is 4.79 Å². The van der Waals surface area contributed by atoms with Gasteiger partial charge in [-0.25, -0.2) is 4.79 Å². The second-order valence-electron chi connectivity index (χ2n) is 5.90. The summed E-state index contributed by atoms with van der Waals surface area (Å²) in [4.78, 5) is 24.9. The van der Waals surface area contributed by atoms with Gasteiger partial charge in [0.15, 0.2) is 0 Å². The number of methoxy groups -OCH3 is 1. The largest absolute Gasteiger partial charge is 0.481 e. The van der Waals surface area contributed by atoms with Crippen LogP contribution in [0.5, 0.6) is 0 Å². The van der Waals surface area contributed by atoms with Gasteiger partial charge in [-0.05, 0) is 11.5 Å². The van der Waals surface area contributed by atoms with Crippen molar-refractivity contribution in [2.24, 2.45) is 5.92 Å². The molecular weight excluding hydrogens is 310 g/mol. The molecule has 0 aliphatic rings. The van der Waals surface area contributed by atoms with E-state index in [1.54, 1.807) is 7.05 Å². The van der Waals surface area contributed by atoms with E-state index in [1.807, 2.05) is 44.2 Å². The van der Waals surface area contributed by atoms with Crippen LogP contribution in [0.2, 0.25) is 0 Å². The predicted octanol–water partition coefficient (Wildman–Crippen LogP) is 3.16. The molecule has 0 aliphatic heterocycles. The number of aliphatic carboxylic acids is 1. The maximum absolute atomic E-state index is 12.4. The lowest BCUT2D eigenvalue weighted by Crippen LogP contribution is -2.50. The first-order valence-corrected chi connectivity index (χ1v) is 8.08. The molecule has 0 aliphatic carbocycles. The molecular formula is C18H27NO5. The van der Waals surface area contributed by atoms with E-state index >= 15 is 0 Å². The van der Waals surface area contributed by atoms with Crippen molar-refractivity contribution in [3.63, 3.8) is 0 Å². The number of rotatable bonds is 9. The van der Waals surface area contributed by atoms with Gasteiger partial charge >= 0.3 is 12.1 Å². The molecule has 0 aromatic heterocycles. The number of carboxylic acid groups (broad SMARTS) is 1. The van der Waals surface area contributed by atoms with Crippen LogP contribution in [0.4, 0.5) is 4.79 Å². The fourth-order valence-corrected chi connectivity index (χ4v) is 2.70. The smallest absolute Gasteiger partial charge is 0.410 e. The Bertz CT molecular complexity index is 519. The monoisotopic (exact) mass is 337 g/mol. The summed E-state index contributed by atoms with van der Waals surface area (Å²) in [5, 5.41) is 9.08. The third-order valence-electron chi connectivity index (χ3n) is 4.23. The minimum Gasteiger partial charge on any atom is -0.481 e. The maximum atomic E-state index is 12.4. The molecule has 0 heterocycles. The second-order valence-corrected chi connectivity index (χ2v) is 5.90. The van der Waals surface area contributed by atoms with Gasteiger partial charge in [-0.15, -0.1) is 0 Å². The Kier molecular flexibility index (Phi) is 8.26. The molecule has 0 unspecified atom stereocenters. The van der Waals surface area contributed by atoms with Crippen molar-refractivity contribution in [2.75, 3.05) is 14.2 Å². The first-order valence-electron chi connectivity index (χ1n) is 8.08. The standard InChI is InChI=1S/C18H27NO5/c1-5-13(2)17(15(23-4)11-16(20)21)19(3)18(22)24-12-14-9-7-6-8-10-14/h6-10,13,15,17H,5,11-12H2,1-4H3,(H,20,21)/t13-,15-,17-/m0/s1. The van der Waals surface area contributed by atoms with Crippen LogP contribution in [0.25, 0.3) is 0 Å². The molecule has 0 fully saturated rings. The van der Waals surface area contributed by atoms with Crippen molar-refractivity contribution in [1.82, 2.24) is 4.90 Å². The summed E-state index contributed by atoms with van der Waals surface area (Å²) in [5.41, 5.74) is 0.896. The number of hydrogen-bond donors (Lipinski definition) is 1. The van der Waals surface area contributed by atoms with Crippen LogP contribution in [0.3, 0.4) is 0 Å². The van der Waals surface area contributed by atoms with Crippen molar-refractivity contribution in [1.29, 1.82) is 0 Å². The topological polar surface area (TPSA) is 76.1 Å². The van der Waals surface area contributed by atoms with Gasteiger partial charge in [-0.1, -0.05) is 50.6 Å². The Balaban J connectivity index is 2.80. The Labute approximate surface area is 143 Å². The zero-order chi connectivity index (χ0) is 18.1. The number of carboxylic acids is 1. The highest BCUT2D eigenvalue weighted by Crippen LogP contribution is 2.22. The number of nitrogens with zero attached hydrogens (tertiary/aromatic N) is 1. The molecule has 1 amide bonds. The van der Waals surface area contributed by atoms with Crippen molar-refractivity contribution in [3.8, 4) is 0 Å². The Hall–Kier alpha value is -2.08. The summed E-state index contributed by atoms with van der Waals surface area (Å²) < 4.78 is 10.7. The molecule has 0 saturated heterocycles. The average molecular weight is 337 g/mol. The number of benzene rings is 1. The van der Waals surface area contributed by atoms with Crippen molar-refractivity contribution in [2.45, 2.75) is 45.4 Å². The molecule has 3 atom stereocenters. The van der Waals surface area contributed by atoms with Gasteiger partial charge in [0.2, 0.25) is 0 Å². The quantitative estimate of drug-likeness (QED) is 0.749. The molecule has 0 radical (unpaired) electrons. The first-order chi connectivity index (χ1) is 11.4. The van der Waals surface area contributed by atoms with E-state index in [0.29, 0.717) is 0 Å². The number of carbonyl (C=O) groups excluding carboxylic acids is 1. The zero-order valence-corrected chi connectivity index (χ0v) is 14.8. The van der Waals surface area contributed by atoms with Crippen LogP contribution >= 0.6 is 0 Å². The summed E-state index contributed by atoms with van der Waals surface area (Å²) >= 11 is 0. The third kappa shape index (κ3) is 5.85. The lowest BCUT2D eigenvalue weighted by molar-refractivity contribution is -0.141. The summed E-state index contributed by atoms with van der Waals surface area (Å²) in [5.74, 6) is -0.884. The normalized spacial score (nSPS) is 14.5. The zero-order valence-electron chi connectivity index (χ0n) is 14.8. The number of likely N-dealkylation sites (N-methyl/N-ethyl adjacent to an activating group) is 1. The van der Waals surface area contributed by atoms with Crippen molar-refractivity contribution in [3.05, 3.63) is 35.9 Å². The number of carbonyl (C=O) groups is 2. The third-order valence-corrected chi connectivity index (χ3v) is 4.23. The van der Waals surface area contributed by atoms with Crippen LogP contribution in [0, 0.1) is 5.92 Å². The molecule has 1 rings (SSSR count). The summed E-state index contributed by atoms with van der Waals surface area (Å²) in [6, 6.07) is 9.03. The van der Waals surface area contributed by atoms with Crippen LogP contribution in [0.1, 0.15) is 32.3 Å². The molecule has 6 nitrogen and oxygen atoms in total. The van der Waals surface area contributed by atoms with Gasteiger partial charge < -0.3 is 19.5 Å². The molecule has 0 bridgehead atoms. The van der Waals surface area contributed by atoms with E-state index in [1.165, 1.54) is 12.0 Å². The molecule has 0 saturated carbocycles. The maximum Gasteiger partial charge on any atom is 0.410 e. The van der Waals surface area contributed by atoms with E-state index in [4.69, 9.17) is 14.6 Å². The predicted molar refractivity (Wildman–Crippen MR) is 90.7 cm³/mol. The van der Waals surface area contributed by atoms with Gasteiger partial charge in [0.05, 0.1) is 18.6 Å². The van der Waals surface area contributed by atoms with E-state index in [2.05, 4.69) is 0 Å². The van der Waals surface area contributed by atoms with Crippen molar-refractivity contribution >= 4 is 12.1 Å². The summed E-state index contributed by atoms with van der Waals surface area (Å²) in [7, 11) is 3.09. The minimum absolute atomic E-state index is 0.0728. The Morgan fingerprint density at radius 1 is 1.25 bits per heavy atom. The number of hydrogen-bond acceptors (Lipinski definition) is 4. The highest BCUT2D eigenvalue weighted by molar-refractivity contribution is 5.69. The molecule has 0 spiro atoms. The fraction of sp³-hybridized carbons (Fsp3) is 0.556. The van der Waals surface area contributed by atoms with Gasteiger partial charge in [-0.2, -0.15) is 0 Å². The number of ether oxygens (including phenoxy) is 2. The lowest BCUT2D eigenvalue weighted by Gasteiger charge is -2.36. The fourth-order valence-electron chi connectivity index (χ4n) is 2.70. The van der Waals surface area contributed by atoms with Gasteiger partial charge in [0.25, 0.3) is 0 Å². The molecule has 134 valence electrons. The van der Waals surface area contributed by atoms with Crippen LogP contribution in [-0.2, 0) is 20.9 Å². The van der Waals surface area contributed by atoms with E-state index in [9.17, 15) is 9.59 Å². The summed E-state index contributed by atoms with van der Waals surface area (Å²) in [6.45, 7) is 4.14. The Morgan fingerprint density at radius 2 is 1.88 bits per heavy atom. The molecule has 1 N–H and O–H groups in total. The minimum atomic E-state index is -0.957. The first kappa shape index (κ1) is 20.0. The average Bonchev–Trinajstić information content (AvgIpc) is 2.58. The molecule has 24 heavy (non-hydrogen) atoms. The van der Waals surface area contributed by atoms with Crippen LogP contribution in [0.15, 0.2) is 30.3 Å². The molecule has 6 heteroatoms. The van der Waals surface area contributed by atoms with Gasteiger partial charge in [0.1, 0.15) is 6.61 Å². The highest BCUT2D eigenvalue weighted by atomic mass is 16.6. The summed E-state index contributed by atoms with van der Waals surface area (Å²) in [6.07, 6.45) is -0.453. The van der Waals surface area contributed by atoms with Crippen LogP contribution in [-0.4, -0.2) is 48.4 Å². The highest BCUT2D eigenvalue weighted by Gasteiger charge is 2.34. The SMILES string of the molecule is CC[C@H](C)[C@@H]([C@H](CC(=O)O)OC)N(C)C(=O)OCc1ccccc1. The van der Waals surface area contributed by atoms with Crippen molar-refractivity contribution < 1.29 is 24.2 Å². The lowest BCUT2D eigenvalue weighted by atomic mass is 9.91. The van der Waals surface area contributed by atoms with Gasteiger partial charge in [0, 0.05) is 14.2 Å².